The molecule has 0 bridgehead atoms. The van der Waals surface area contributed by atoms with Gasteiger partial charge in [-0.3, -0.25) is 29.9 Å². The first-order valence-electron chi connectivity index (χ1n) is 8.76. The molecule has 0 saturated carbocycles. The van der Waals surface area contributed by atoms with Crippen LogP contribution in [0.2, 0.25) is 0 Å². The van der Waals surface area contributed by atoms with E-state index < -0.39 is 45.6 Å². The summed E-state index contributed by atoms with van der Waals surface area (Å²) in [6.07, 6.45) is 1.46. The molecule has 0 radical (unpaired) electrons. The van der Waals surface area contributed by atoms with Gasteiger partial charge in [-0.05, 0) is 23.8 Å². The standard InChI is InChI=1S/C19H11N3O9S2/c23-16(24)9-20-17(25)15(33-19(20)32)5-10-1-3-14(4-2-10)31-18(26)11-6-12(21(27)28)8-13(7-11)22(29)30/h1-8H,9H2,(H,23,24)/p-1/b15-5+. The maximum absolute atomic E-state index is 12.3. The van der Waals surface area contributed by atoms with E-state index in [0.717, 1.165) is 34.9 Å². The minimum Gasteiger partial charge on any atom is -0.548 e. The zero-order valence-electron chi connectivity index (χ0n) is 16.2. The van der Waals surface area contributed by atoms with E-state index in [0.29, 0.717) is 5.56 Å². The van der Waals surface area contributed by atoms with Crippen LogP contribution in [0.3, 0.4) is 0 Å². The van der Waals surface area contributed by atoms with Crippen LogP contribution in [-0.2, 0) is 9.59 Å². The predicted molar refractivity (Wildman–Crippen MR) is 116 cm³/mol. The van der Waals surface area contributed by atoms with Crippen LogP contribution >= 0.6 is 24.0 Å². The molecule has 1 amide bonds. The van der Waals surface area contributed by atoms with E-state index in [1.165, 1.54) is 30.3 Å². The summed E-state index contributed by atoms with van der Waals surface area (Å²) in [6.45, 7) is -0.660. The summed E-state index contributed by atoms with van der Waals surface area (Å²) in [5.41, 5.74) is -1.14. The van der Waals surface area contributed by atoms with Gasteiger partial charge in [-0.15, -0.1) is 0 Å². The average Bonchev–Trinajstić information content (AvgIpc) is 3.01. The van der Waals surface area contributed by atoms with Gasteiger partial charge in [0.15, 0.2) is 0 Å². The van der Waals surface area contributed by atoms with Gasteiger partial charge in [0.2, 0.25) is 0 Å². The minimum atomic E-state index is -1.45. The van der Waals surface area contributed by atoms with Crippen LogP contribution in [0.5, 0.6) is 5.75 Å². The summed E-state index contributed by atoms with van der Waals surface area (Å²) >= 11 is 5.91. The van der Waals surface area contributed by atoms with Crippen molar-refractivity contribution >= 4 is 63.6 Å². The number of non-ortho nitro benzene ring substituents is 2. The molecule has 0 aromatic heterocycles. The van der Waals surface area contributed by atoms with E-state index >= 15 is 0 Å². The molecule has 1 heterocycles. The van der Waals surface area contributed by atoms with Crippen LogP contribution in [0.1, 0.15) is 15.9 Å². The van der Waals surface area contributed by atoms with E-state index in [2.05, 4.69) is 0 Å². The molecule has 0 spiro atoms. The normalized spacial score (nSPS) is 14.4. The number of hydrogen-bond donors (Lipinski definition) is 0. The number of carbonyl (C=O) groups is 3. The van der Waals surface area contributed by atoms with Gasteiger partial charge in [0.25, 0.3) is 17.3 Å². The third kappa shape index (κ3) is 5.55. The Kier molecular flexibility index (Phi) is 6.79. The van der Waals surface area contributed by atoms with Gasteiger partial charge in [0, 0.05) is 12.1 Å². The van der Waals surface area contributed by atoms with Gasteiger partial charge in [0.1, 0.15) is 10.1 Å². The molecule has 1 saturated heterocycles. The molecule has 0 unspecified atom stereocenters. The van der Waals surface area contributed by atoms with E-state index in [4.69, 9.17) is 17.0 Å². The number of ether oxygens (including phenoxy) is 1. The Labute approximate surface area is 193 Å². The molecular formula is C19H10N3O9S2-. The maximum Gasteiger partial charge on any atom is 0.344 e. The average molecular weight is 488 g/mol. The lowest BCUT2D eigenvalue weighted by molar-refractivity contribution is -0.394. The fourth-order valence-corrected chi connectivity index (χ4v) is 3.89. The van der Waals surface area contributed by atoms with Crippen LogP contribution in [-0.4, -0.2) is 43.5 Å². The van der Waals surface area contributed by atoms with Crippen molar-refractivity contribution < 1.29 is 34.1 Å². The SMILES string of the molecule is O=C([O-])CN1C(=O)/C(=C\c2ccc(OC(=O)c3cc([N+](=O)[O-])cc([N+](=O)[O-])c3)cc2)SC1=S. The predicted octanol–water partition coefficient (Wildman–Crippen LogP) is 1.67. The highest BCUT2D eigenvalue weighted by Crippen LogP contribution is 2.32. The Balaban J connectivity index is 1.76. The van der Waals surface area contributed by atoms with Gasteiger partial charge in [0.05, 0.1) is 38.9 Å². The van der Waals surface area contributed by atoms with Gasteiger partial charge < -0.3 is 14.6 Å². The van der Waals surface area contributed by atoms with Crippen molar-refractivity contribution in [3.63, 3.8) is 0 Å². The number of amides is 1. The second kappa shape index (κ2) is 9.54. The van der Waals surface area contributed by atoms with Crippen molar-refractivity contribution in [2.45, 2.75) is 0 Å². The Morgan fingerprint density at radius 2 is 1.64 bits per heavy atom. The van der Waals surface area contributed by atoms with Crippen molar-refractivity contribution in [1.29, 1.82) is 0 Å². The molecule has 2 aromatic rings. The zero-order valence-corrected chi connectivity index (χ0v) is 17.8. The summed E-state index contributed by atoms with van der Waals surface area (Å²) in [5.74, 6) is -3.04. The van der Waals surface area contributed by atoms with Crippen molar-refractivity contribution in [2.24, 2.45) is 0 Å². The second-order valence-electron chi connectivity index (χ2n) is 6.35. The number of hydrogen-bond acceptors (Lipinski definition) is 11. The molecule has 12 nitrogen and oxygen atoms in total. The molecule has 1 aliphatic heterocycles. The van der Waals surface area contributed by atoms with E-state index in [9.17, 15) is 39.7 Å². The Morgan fingerprint density at radius 3 is 2.15 bits per heavy atom. The molecule has 2 aromatic carbocycles. The van der Waals surface area contributed by atoms with E-state index in [1.54, 1.807) is 0 Å². The quantitative estimate of drug-likeness (QED) is 0.138. The molecule has 33 heavy (non-hydrogen) atoms. The number of nitro groups is 2. The maximum atomic E-state index is 12.3. The number of carboxylic acid groups (broad SMARTS) is 1. The summed E-state index contributed by atoms with van der Waals surface area (Å²) in [5, 5.41) is 32.7. The smallest absolute Gasteiger partial charge is 0.344 e. The van der Waals surface area contributed by atoms with Gasteiger partial charge >= 0.3 is 5.97 Å². The third-order valence-corrected chi connectivity index (χ3v) is 5.49. The molecule has 1 fully saturated rings. The second-order valence-corrected chi connectivity index (χ2v) is 8.03. The van der Waals surface area contributed by atoms with Gasteiger partial charge in [-0.25, -0.2) is 4.79 Å². The van der Waals surface area contributed by atoms with Crippen LogP contribution in [0, 0.1) is 20.2 Å². The van der Waals surface area contributed by atoms with Crippen molar-refractivity contribution in [1.82, 2.24) is 4.90 Å². The van der Waals surface area contributed by atoms with Gasteiger partial charge in [-0.2, -0.15) is 0 Å². The molecule has 1 aliphatic rings. The largest absolute Gasteiger partial charge is 0.548 e. The summed E-state index contributed by atoms with van der Waals surface area (Å²) < 4.78 is 5.19. The van der Waals surface area contributed by atoms with E-state index in [1.807, 2.05) is 0 Å². The highest BCUT2D eigenvalue weighted by molar-refractivity contribution is 8.26. The van der Waals surface area contributed by atoms with Gasteiger partial charge in [-0.1, -0.05) is 36.1 Å². The Morgan fingerprint density at radius 1 is 1.06 bits per heavy atom. The zero-order chi connectivity index (χ0) is 24.3. The van der Waals surface area contributed by atoms with Crippen molar-refractivity contribution in [3.8, 4) is 5.75 Å². The van der Waals surface area contributed by atoms with Crippen LogP contribution < -0.4 is 9.84 Å². The first-order valence-corrected chi connectivity index (χ1v) is 9.99. The van der Waals surface area contributed by atoms with Crippen molar-refractivity contribution in [3.05, 3.63) is 78.7 Å². The van der Waals surface area contributed by atoms with Crippen LogP contribution in [0.15, 0.2) is 47.4 Å². The highest BCUT2D eigenvalue weighted by Gasteiger charge is 2.31. The highest BCUT2D eigenvalue weighted by atomic mass is 32.2. The summed E-state index contributed by atoms with van der Waals surface area (Å²) in [4.78, 5) is 56.6. The van der Waals surface area contributed by atoms with Crippen LogP contribution in [0.4, 0.5) is 11.4 Å². The summed E-state index contributed by atoms with van der Waals surface area (Å²) in [6, 6.07) is 8.17. The number of esters is 1. The molecule has 168 valence electrons. The lowest BCUT2D eigenvalue weighted by Crippen LogP contribution is -2.40. The molecule has 0 atom stereocenters. The first kappa shape index (κ1) is 23.5. The molecule has 14 heteroatoms. The topological polar surface area (TPSA) is 173 Å². The van der Waals surface area contributed by atoms with Crippen LogP contribution in [0.25, 0.3) is 6.08 Å². The fourth-order valence-electron chi connectivity index (χ4n) is 2.64. The number of aliphatic carboxylic acids is 1. The molecule has 0 N–H and O–H groups in total. The fraction of sp³-hybridized carbons (Fsp3) is 0.0526. The number of carbonyl (C=O) groups excluding carboxylic acids is 3. The van der Waals surface area contributed by atoms with Crippen molar-refractivity contribution in [2.75, 3.05) is 6.54 Å². The first-order chi connectivity index (χ1) is 15.5. The number of nitro benzene ring substituents is 2. The number of thiocarbonyl (C=S) groups is 1. The molecular weight excluding hydrogens is 478 g/mol. The lowest BCUT2D eigenvalue weighted by Gasteiger charge is -2.14. The molecule has 0 aliphatic carbocycles. The monoisotopic (exact) mass is 488 g/mol. The summed E-state index contributed by atoms with van der Waals surface area (Å²) in [7, 11) is 0. The number of thioether (sulfide) groups is 1. The third-order valence-electron chi connectivity index (χ3n) is 4.11. The minimum absolute atomic E-state index is 0.0378. The Hall–Kier alpha value is -4.17. The Bertz CT molecular complexity index is 1210. The lowest BCUT2D eigenvalue weighted by atomic mass is 10.1. The molecule has 3 rings (SSSR count). The number of nitrogens with zero attached hydrogens (tertiary/aromatic N) is 3. The number of rotatable bonds is 7. The van der Waals surface area contributed by atoms with E-state index in [-0.39, 0.29) is 20.5 Å². The number of carboxylic acids is 1. The number of benzene rings is 2.